The summed E-state index contributed by atoms with van der Waals surface area (Å²) in [4.78, 5) is 3.48. The van der Waals surface area contributed by atoms with Crippen LogP contribution in [0, 0.1) is 19.3 Å². The van der Waals surface area contributed by atoms with E-state index in [1.54, 1.807) is 31.6 Å². The van der Waals surface area contributed by atoms with Crippen molar-refractivity contribution >= 4 is 11.3 Å². The zero-order valence-corrected chi connectivity index (χ0v) is 16.2. The standard InChI is InChI=1S/C23H19FN4O/c1-15-13-16(25-2)7-10-18(15)19-11-8-17(28-14-26-27-23(19)28)9-12-20-21(24)5-4-6-22(20)29-3/h4-8,10-11,13-14H,9,12H2,1,3H3. The number of halogens is 1. The molecule has 0 N–H and O–H groups in total. The summed E-state index contributed by atoms with van der Waals surface area (Å²) in [7, 11) is 1.55. The Morgan fingerprint density at radius 1 is 1.10 bits per heavy atom. The minimum absolute atomic E-state index is 0.267. The van der Waals surface area contributed by atoms with Crippen molar-refractivity contribution in [1.29, 1.82) is 0 Å². The summed E-state index contributed by atoms with van der Waals surface area (Å²) in [6.45, 7) is 9.16. The lowest BCUT2D eigenvalue weighted by Gasteiger charge is -2.12. The molecule has 0 spiro atoms. The number of aryl methyl sites for hydroxylation is 2. The normalized spacial score (nSPS) is 10.8. The van der Waals surface area contributed by atoms with Gasteiger partial charge in [-0.3, -0.25) is 4.40 Å². The van der Waals surface area contributed by atoms with Crippen LogP contribution in [0.1, 0.15) is 16.8 Å². The molecule has 0 aliphatic rings. The first-order valence-corrected chi connectivity index (χ1v) is 9.24. The average Bonchev–Trinajstić information content (AvgIpc) is 3.23. The number of nitrogens with zero attached hydrogens (tertiary/aromatic N) is 4. The van der Waals surface area contributed by atoms with Gasteiger partial charge in [-0.1, -0.05) is 29.8 Å². The Balaban J connectivity index is 1.70. The molecule has 6 heteroatoms. The van der Waals surface area contributed by atoms with Crippen LogP contribution in [-0.4, -0.2) is 21.7 Å². The van der Waals surface area contributed by atoms with Gasteiger partial charge >= 0.3 is 0 Å². The third-order valence-corrected chi connectivity index (χ3v) is 5.10. The molecule has 0 bridgehead atoms. The van der Waals surface area contributed by atoms with Gasteiger partial charge in [0.05, 0.1) is 13.7 Å². The molecule has 144 valence electrons. The molecule has 5 nitrogen and oxygen atoms in total. The maximum absolute atomic E-state index is 14.3. The molecule has 0 amide bonds. The number of pyridine rings is 1. The van der Waals surface area contributed by atoms with Crippen LogP contribution in [0.4, 0.5) is 10.1 Å². The van der Waals surface area contributed by atoms with Gasteiger partial charge in [0.15, 0.2) is 11.3 Å². The predicted molar refractivity (Wildman–Crippen MR) is 110 cm³/mol. The molecule has 0 saturated carbocycles. The number of benzene rings is 2. The van der Waals surface area contributed by atoms with Gasteiger partial charge in [-0.25, -0.2) is 9.24 Å². The third-order valence-electron chi connectivity index (χ3n) is 5.10. The van der Waals surface area contributed by atoms with E-state index in [4.69, 9.17) is 11.3 Å². The summed E-state index contributed by atoms with van der Waals surface area (Å²) in [5, 5.41) is 8.38. The van der Waals surface area contributed by atoms with Crippen LogP contribution in [0.5, 0.6) is 5.75 Å². The Morgan fingerprint density at radius 2 is 1.93 bits per heavy atom. The van der Waals surface area contributed by atoms with Crippen LogP contribution in [0.3, 0.4) is 0 Å². The molecule has 0 aliphatic carbocycles. The number of ether oxygens (including phenoxy) is 1. The molecule has 2 aromatic carbocycles. The molecule has 2 aromatic heterocycles. The highest BCUT2D eigenvalue weighted by Crippen LogP contribution is 2.31. The van der Waals surface area contributed by atoms with Crippen molar-refractivity contribution in [3.8, 4) is 16.9 Å². The highest BCUT2D eigenvalue weighted by Gasteiger charge is 2.14. The van der Waals surface area contributed by atoms with E-state index in [1.807, 2.05) is 35.6 Å². The first-order chi connectivity index (χ1) is 14.1. The van der Waals surface area contributed by atoms with Gasteiger partial charge < -0.3 is 4.74 Å². The average molecular weight is 386 g/mol. The quantitative estimate of drug-likeness (QED) is 0.444. The van der Waals surface area contributed by atoms with Crippen molar-refractivity contribution in [2.45, 2.75) is 19.8 Å². The van der Waals surface area contributed by atoms with Crippen molar-refractivity contribution in [2.75, 3.05) is 7.11 Å². The van der Waals surface area contributed by atoms with E-state index < -0.39 is 0 Å². The Hall–Kier alpha value is -3.72. The number of hydrogen-bond acceptors (Lipinski definition) is 3. The van der Waals surface area contributed by atoms with Gasteiger partial charge in [0.25, 0.3) is 0 Å². The summed E-state index contributed by atoms with van der Waals surface area (Å²) in [5.41, 5.74) is 5.86. The maximum atomic E-state index is 14.3. The molecule has 0 saturated heterocycles. The minimum atomic E-state index is -0.267. The van der Waals surface area contributed by atoms with Gasteiger partial charge in [0, 0.05) is 16.8 Å². The molecule has 4 aromatic rings. The predicted octanol–water partition coefficient (Wildman–Crippen LogP) is 5.19. The molecule has 0 radical (unpaired) electrons. The molecule has 4 rings (SSSR count). The van der Waals surface area contributed by atoms with Gasteiger partial charge in [0.1, 0.15) is 17.9 Å². The van der Waals surface area contributed by atoms with Gasteiger partial charge in [0.2, 0.25) is 0 Å². The van der Waals surface area contributed by atoms with Crippen LogP contribution in [0.25, 0.3) is 21.6 Å². The summed E-state index contributed by atoms with van der Waals surface area (Å²) in [6, 6.07) is 14.5. The largest absolute Gasteiger partial charge is 0.496 e. The number of hydrogen-bond donors (Lipinski definition) is 0. The number of rotatable bonds is 5. The minimum Gasteiger partial charge on any atom is -0.496 e. The fraction of sp³-hybridized carbons (Fsp3) is 0.174. The smallest absolute Gasteiger partial charge is 0.187 e. The second-order valence-corrected chi connectivity index (χ2v) is 6.79. The molecule has 0 atom stereocenters. The fourth-order valence-electron chi connectivity index (χ4n) is 3.62. The number of methoxy groups -OCH3 is 1. The zero-order valence-electron chi connectivity index (χ0n) is 16.2. The second-order valence-electron chi connectivity index (χ2n) is 6.79. The highest BCUT2D eigenvalue weighted by atomic mass is 19.1. The lowest BCUT2D eigenvalue weighted by atomic mass is 9.99. The van der Waals surface area contributed by atoms with Crippen molar-refractivity contribution in [1.82, 2.24) is 14.6 Å². The molecule has 0 aliphatic heterocycles. The van der Waals surface area contributed by atoms with Crippen molar-refractivity contribution in [3.63, 3.8) is 0 Å². The lowest BCUT2D eigenvalue weighted by Crippen LogP contribution is -2.03. The van der Waals surface area contributed by atoms with Crippen LogP contribution in [-0.2, 0) is 12.8 Å². The summed E-state index contributed by atoms with van der Waals surface area (Å²) in [6.07, 6.45) is 2.79. The molecule has 2 heterocycles. The molecular weight excluding hydrogens is 367 g/mol. The Kier molecular flexibility index (Phi) is 4.96. The van der Waals surface area contributed by atoms with Gasteiger partial charge in [-0.2, -0.15) is 0 Å². The van der Waals surface area contributed by atoms with Crippen LogP contribution < -0.4 is 4.74 Å². The monoisotopic (exact) mass is 386 g/mol. The Morgan fingerprint density at radius 3 is 2.69 bits per heavy atom. The van der Waals surface area contributed by atoms with E-state index in [9.17, 15) is 4.39 Å². The van der Waals surface area contributed by atoms with Crippen LogP contribution in [0.15, 0.2) is 54.9 Å². The summed E-state index contributed by atoms with van der Waals surface area (Å²) in [5.74, 6) is 0.286. The van der Waals surface area contributed by atoms with Crippen molar-refractivity contribution in [2.24, 2.45) is 0 Å². The fourth-order valence-corrected chi connectivity index (χ4v) is 3.62. The number of aromatic nitrogens is 3. The summed E-state index contributed by atoms with van der Waals surface area (Å²) < 4.78 is 21.5. The van der Waals surface area contributed by atoms with Crippen LogP contribution in [0.2, 0.25) is 0 Å². The van der Waals surface area contributed by atoms with Crippen LogP contribution >= 0.6 is 0 Å². The molecule has 29 heavy (non-hydrogen) atoms. The van der Waals surface area contributed by atoms with Gasteiger partial charge in [-0.05, 0) is 49.6 Å². The van der Waals surface area contributed by atoms with Crippen molar-refractivity contribution < 1.29 is 9.13 Å². The van der Waals surface area contributed by atoms with E-state index in [-0.39, 0.29) is 5.82 Å². The maximum Gasteiger partial charge on any atom is 0.187 e. The molecule has 0 unspecified atom stereocenters. The third kappa shape index (κ3) is 3.43. The molecule has 0 fully saturated rings. The summed E-state index contributed by atoms with van der Waals surface area (Å²) >= 11 is 0. The number of fused-ring (bicyclic) bond motifs is 1. The van der Waals surface area contributed by atoms with E-state index in [1.165, 1.54) is 6.07 Å². The van der Waals surface area contributed by atoms with E-state index in [0.29, 0.717) is 29.8 Å². The van der Waals surface area contributed by atoms with Crippen molar-refractivity contribution in [3.05, 3.63) is 88.9 Å². The zero-order chi connectivity index (χ0) is 20.4. The first-order valence-electron chi connectivity index (χ1n) is 9.24. The van der Waals surface area contributed by atoms with Gasteiger partial charge in [-0.15, -0.1) is 10.2 Å². The molecular formula is C23H19FN4O. The Labute approximate surface area is 168 Å². The Bertz CT molecular complexity index is 1240. The topological polar surface area (TPSA) is 43.8 Å². The van der Waals surface area contributed by atoms with E-state index in [0.717, 1.165) is 28.0 Å². The first kappa shape index (κ1) is 18.6. The van der Waals surface area contributed by atoms with E-state index >= 15 is 0 Å². The van der Waals surface area contributed by atoms with E-state index in [2.05, 4.69) is 15.0 Å². The second kappa shape index (κ2) is 7.72. The SMILES string of the molecule is [C-]#[N+]c1ccc(-c2ccc(CCc3c(F)cccc3OC)n3cnnc23)c(C)c1. The lowest BCUT2D eigenvalue weighted by molar-refractivity contribution is 0.404. The highest BCUT2D eigenvalue weighted by molar-refractivity contribution is 5.80.